The average molecular weight is 598 g/mol. The minimum Gasteiger partial charge on any atom is -0.465 e. The van der Waals surface area contributed by atoms with Gasteiger partial charge in [-0.25, -0.2) is 9.59 Å². The molecule has 1 aromatic heterocycles. The van der Waals surface area contributed by atoms with E-state index in [2.05, 4.69) is 14.9 Å². The van der Waals surface area contributed by atoms with Crippen LogP contribution >= 0.6 is 0 Å². The van der Waals surface area contributed by atoms with E-state index in [-0.39, 0.29) is 29.7 Å². The highest BCUT2D eigenvalue weighted by atomic mass is 19.4. The fourth-order valence-electron chi connectivity index (χ4n) is 5.85. The van der Waals surface area contributed by atoms with Crippen LogP contribution in [0.3, 0.4) is 0 Å². The number of ether oxygens (including phenoxy) is 2. The molecule has 4 rings (SSSR count). The molecule has 2 unspecified atom stereocenters. The van der Waals surface area contributed by atoms with Gasteiger partial charge < -0.3 is 33.8 Å². The molecule has 2 saturated heterocycles. The Hall–Kier alpha value is -3.55. The van der Waals surface area contributed by atoms with Gasteiger partial charge in [0.1, 0.15) is 5.75 Å². The highest BCUT2D eigenvalue weighted by molar-refractivity contribution is 5.75. The first kappa shape index (κ1) is 31.4. The molecule has 0 saturated carbocycles. The van der Waals surface area contributed by atoms with E-state index in [9.17, 15) is 27.9 Å². The summed E-state index contributed by atoms with van der Waals surface area (Å²) >= 11 is 0. The van der Waals surface area contributed by atoms with Crippen molar-refractivity contribution >= 4 is 12.1 Å². The van der Waals surface area contributed by atoms with E-state index in [1.54, 1.807) is 29.0 Å². The molecule has 2 aromatic rings. The monoisotopic (exact) mass is 597 g/mol. The Morgan fingerprint density at radius 1 is 1.07 bits per heavy atom. The Labute approximate surface area is 242 Å². The number of hydrogen-bond donors (Lipinski definition) is 1. The van der Waals surface area contributed by atoms with Crippen LogP contribution in [0.15, 0.2) is 28.8 Å². The SMILES string of the molecule is COCCc1noc(C2CC(c3ccc(OC(F)(F)F)cc3)CN(C(=O)N3CCC(N(C(=O)O)C(C)(C)C)CC3)C2)n1. The van der Waals surface area contributed by atoms with E-state index in [1.807, 2.05) is 20.8 Å². The molecule has 3 heterocycles. The molecule has 3 amide bonds. The van der Waals surface area contributed by atoms with Crippen molar-refractivity contribution in [2.24, 2.45) is 0 Å². The quantitative estimate of drug-likeness (QED) is 0.469. The van der Waals surface area contributed by atoms with Gasteiger partial charge in [0.25, 0.3) is 0 Å². The van der Waals surface area contributed by atoms with Crippen molar-refractivity contribution in [3.8, 4) is 5.75 Å². The van der Waals surface area contributed by atoms with Crippen molar-refractivity contribution in [1.29, 1.82) is 0 Å². The number of rotatable bonds is 7. The second-order valence-corrected chi connectivity index (χ2v) is 11.8. The van der Waals surface area contributed by atoms with Crippen molar-refractivity contribution in [2.45, 2.75) is 76.2 Å². The maximum Gasteiger partial charge on any atom is 0.573 e. The Bertz CT molecular complexity index is 1210. The number of benzene rings is 1. The van der Waals surface area contributed by atoms with Crippen LogP contribution in [0.5, 0.6) is 5.75 Å². The molecule has 42 heavy (non-hydrogen) atoms. The minimum atomic E-state index is -4.79. The highest BCUT2D eigenvalue weighted by Gasteiger charge is 2.40. The number of likely N-dealkylation sites (tertiary alicyclic amines) is 2. The van der Waals surface area contributed by atoms with Gasteiger partial charge >= 0.3 is 18.5 Å². The molecule has 14 heteroatoms. The predicted octanol–water partition coefficient (Wildman–Crippen LogP) is 5.09. The molecule has 0 radical (unpaired) electrons. The first-order valence-corrected chi connectivity index (χ1v) is 14.0. The third-order valence-corrected chi connectivity index (χ3v) is 7.70. The van der Waals surface area contributed by atoms with Gasteiger partial charge in [-0.1, -0.05) is 17.3 Å². The molecule has 0 aliphatic carbocycles. The van der Waals surface area contributed by atoms with Gasteiger partial charge in [0.05, 0.1) is 12.5 Å². The van der Waals surface area contributed by atoms with E-state index in [4.69, 9.17) is 9.26 Å². The molecule has 2 aliphatic rings. The normalized spacial score (nSPS) is 20.5. The molecule has 232 valence electrons. The number of halogens is 3. The average Bonchev–Trinajstić information content (AvgIpc) is 3.39. The van der Waals surface area contributed by atoms with Gasteiger partial charge in [0, 0.05) is 57.2 Å². The van der Waals surface area contributed by atoms with E-state index < -0.39 is 18.0 Å². The Morgan fingerprint density at radius 3 is 2.29 bits per heavy atom. The van der Waals surface area contributed by atoms with Crippen LogP contribution in [0.4, 0.5) is 22.8 Å². The standard InChI is InChI=1S/C28H38F3N5O6/c1-27(2,3)36(26(38)39)21-9-12-34(13-10-21)25(37)35-16-19(18-5-7-22(8-6-18)41-28(29,30)31)15-20(17-35)24-32-23(33-42-24)11-14-40-4/h5-8,19-21H,9-17H2,1-4H3,(H,38,39). The van der Waals surface area contributed by atoms with Gasteiger partial charge in [-0.05, 0) is 57.7 Å². The van der Waals surface area contributed by atoms with Crippen molar-refractivity contribution in [2.75, 3.05) is 39.9 Å². The summed E-state index contributed by atoms with van der Waals surface area (Å²) in [5.74, 6) is 0.0669. The zero-order valence-corrected chi connectivity index (χ0v) is 24.3. The van der Waals surface area contributed by atoms with Gasteiger partial charge in [0.2, 0.25) is 5.89 Å². The van der Waals surface area contributed by atoms with Crippen molar-refractivity contribution in [3.05, 3.63) is 41.5 Å². The van der Waals surface area contributed by atoms with Crippen molar-refractivity contribution in [3.63, 3.8) is 0 Å². The largest absolute Gasteiger partial charge is 0.573 e. The topological polar surface area (TPSA) is 121 Å². The number of carbonyl (C=O) groups excluding carboxylic acids is 1. The molecule has 2 fully saturated rings. The molecule has 2 atom stereocenters. The molecule has 1 aromatic carbocycles. The summed E-state index contributed by atoms with van der Waals surface area (Å²) in [4.78, 5) is 35.1. The van der Waals surface area contributed by atoms with Gasteiger partial charge in [-0.3, -0.25) is 0 Å². The minimum absolute atomic E-state index is 0.183. The summed E-state index contributed by atoms with van der Waals surface area (Å²) in [7, 11) is 1.58. The lowest BCUT2D eigenvalue weighted by molar-refractivity contribution is -0.274. The number of carbonyl (C=O) groups is 2. The summed E-state index contributed by atoms with van der Waals surface area (Å²) in [5.41, 5.74) is 0.190. The maximum atomic E-state index is 13.8. The fourth-order valence-corrected chi connectivity index (χ4v) is 5.85. The van der Waals surface area contributed by atoms with Crippen LogP contribution in [0.25, 0.3) is 0 Å². The molecular weight excluding hydrogens is 559 g/mol. The number of methoxy groups -OCH3 is 1. The number of carboxylic acid groups (broad SMARTS) is 1. The number of hydrogen-bond acceptors (Lipinski definition) is 7. The van der Waals surface area contributed by atoms with Crippen LogP contribution in [0.1, 0.15) is 69.1 Å². The fraction of sp³-hybridized carbons (Fsp3) is 0.643. The zero-order valence-electron chi connectivity index (χ0n) is 24.3. The first-order valence-electron chi connectivity index (χ1n) is 14.0. The molecule has 1 N–H and O–H groups in total. The summed E-state index contributed by atoms with van der Waals surface area (Å²) in [6.07, 6.45) is -3.72. The van der Waals surface area contributed by atoms with Gasteiger partial charge in [-0.2, -0.15) is 4.98 Å². The first-order chi connectivity index (χ1) is 19.7. The highest BCUT2D eigenvalue weighted by Crippen LogP contribution is 2.37. The van der Waals surface area contributed by atoms with Crippen molar-refractivity contribution in [1.82, 2.24) is 24.8 Å². The Balaban J connectivity index is 1.51. The van der Waals surface area contributed by atoms with Crippen LogP contribution in [-0.4, -0.2) is 99.9 Å². The third-order valence-electron chi connectivity index (χ3n) is 7.70. The number of aromatic nitrogens is 2. The molecular formula is C28H38F3N5O6. The lowest BCUT2D eigenvalue weighted by atomic mass is 9.84. The zero-order chi connectivity index (χ0) is 30.7. The van der Waals surface area contributed by atoms with Crippen LogP contribution in [-0.2, 0) is 11.2 Å². The van der Waals surface area contributed by atoms with Crippen molar-refractivity contribution < 1.29 is 41.9 Å². The van der Waals surface area contributed by atoms with E-state index in [0.717, 1.165) is 5.56 Å². The van der Waals surface area contributed by atoms with E-state index in [0.29, 0.717) is 70.2 Å². The summed E-state index contributed by atoms with van der Waals surface area (Å²) in [5, 5.41) is 13.8. The smallest absolute Gasteiger partial charge is 0.465 e. The van der Waals surface area contributed by atoms with E-state index >= 15 is 0 Å². The lowest BCUT2D eigenvalue weighted by Gasteiger charge is -2.45. The van der Waals surface area contributed by atoms with Crippen LogP contribution in [0.2, 0.25) is 0 Å². The predicted molar refractivity (Wildman–Crippen MR) is 144 cm³/mol. The second kappa shape index (κ2) is 12.8. The summed E-state index contributed by atoms with van der Waals surface area (Å²) in [6.45, 7) is 7.48. The maximum absolute atomic E-state index is 13.8. The molecule has 2 aliphatic heterocycles. The summed E-state index contributed by atoms with van der Waals surface area (Å²) < 4.78 is 52.6. The van der Waals surface area contributed by atoms with E-state index in [1.165, 1.54) is 17.0 Å². The van der Waals surface area contributed by atoms with Gasteiger partial charge in [-0.15, -0.1) is 13.2 Å². The molecule has 0 bridgehead atoms. The lowest BCUT2D eigenvalue weighted by Crippen LogP contribution is -2.57. The third kappa shape index (κ3) is 7.84. The van der Waals surface area contributed by atoms with Crippen LogP contribution < -0.4 is 4.74 Å². The molecule has 11 nitrogen and oxygen atoms in total. The van der Waals surface area contributed by atoms with Gasteiger partial charge in [0.15, 0.2) is 5.82 Å². The Morgan fingerprint density at radius 2 is 1.71 bits per heavy atom. The number of amides is 3. The number of piperidine rings is 2. The number of alkyl halides is 3. The second-order valence-electron chi connectivity index (χ2n) is 11.8. The number of urea groups is 1. The van der Waals surface area contributed by atoms with Crippen LogP contribution in [0, 0.1) is 0 Å². The summed E-state index contributed by atoms with van der Waals surface area (Å²) in [6, 6.07) is 5.30. The number of nitrogens with zero attached hydrogens (tertiary/aromatic N) is 5. The Kier molecular flexibility index (Phi) is 9.53. The molecule has 0 spiro atoms.